The predicted molar refractivity (Wildman–Crippen MR) is 29.2 cm³/mol. The van der Waals surface area contributed by atoms with Crippen molar-refractivity contribution in [3.63, 3.8) is 0 Å². The summed E-state index contributed by atoms with van der Waals surface area (Å²) in [6.45, 7) is 0. The summed E-state index contributed by atoms with van der Waals surface area (Å²) in [4.78, 5) is 0. The Morgan fingerprint density at radius 3 is 1.25 bits per heavy atom. The Bertz CT molecular complexity index is 25.0. The van der Waals surface area contributed by atoms with Crippen molar-refractivity contribution in [2.75, 3.05) is 0 Å². The smallest absolute Gasteiger partial charge is 0.0241 e. The third-order valence-electron chi connectivity index (χ3n) is 0.167. The molecule has 0 atom stereocenters. The van der Waals surface area contributed by atoms with Crippen molar-refractivity contribution >= 4 is 31.1 Å². The van der Waals surface area contributed by atoms with Gasteiger partial charge in [-0.05, 0) is 19.7 Å². The lowest BCUT2D eigenvalue weighted by atomic mass is 11.0. The molecule has 4 heavy (non-hydrogen) atoms. The van der Waals surface area contributed by atoms with Crippen LogP contribution in [0.1, 0.15) is 0 Å². The molecule has 2 heteroatoms. The molecule has 0 N–H and O–H groups in total. The Balaban J connectivity index is 2.73. The summed E-state index contributed by atoms with van der Waals surface area (Å²) in [5.74, 6) is 0. The van der Waals surface area contributed by atoms with Gasteiger partial charge in [-0.1, -0.05) is 11.3 Å². The summed E-state index contributed by atoms with van der Waals surface area (Å²) in [6, 6.07) is 0. The van der Waals surface area contributed by atoms with Crippen LogP contribution < -0.4 is 0 Å². The first-order chi connectivity index (χ1) is 1.91. The van der Waals surface area contributed by atoms with E-state index in [1.54, 1.807) is 0 Å². The molecule has 0 amide bonds. The molecule has 0 aliphatic carbocycles. The van der Waals surface area contributed by atoms with Crippen molar-refractivity contribution < 1.29 is 0 Å². The summed E-state index contributed by atoms with van der Waals surface area (Å²) in [5.41, 5.74) is 4.08. The highest BCUT2D eigenvalue weighted by atomic mass is 28.1. The van der Waals surface area contributed by atoms with Gasteiger partial charge in [0.25, 0.3) is 0 Å². The van der Waals surface area contributed by atoms with Gasteiger partial charge in [0.15, 0.2) is 0 Å². The molecule has 0 fully saturated rings. The Morgan fingerprint density at radius 2 is 1.25 bits per heavy atom. The second-order valence-electron chi connectivity index (χ2n) is 0.471. The van der Waals surface area contributed by atoms with E-state index in [4.69, 9.17) is 0 Å². The maximum absolute atomic E-state index is 2.04. The van der Waals surface area contributed by atoms with E-state index in [2.05, 4.69) is 0 Å². The van der Waals surface area contributed by atoms with Gasteiger partial charge in [-0.15, -0.1) is 0 Å². The quantitative estimate of drug-likeness (QED) is 0.319. The van der Waals surface area contributed by atoms with Crippen molar-refractivity contribution in [1.82, 2.24) is 0 Å². The fourth-order valence-corrected chi connectivity index (χ4v) is 0. The van der Waals surface area contributed by atoms with E-state index in [1.807, 2.05) is 31.1 Å². The van der Waals surface area contributed by atoms with Crippen LogP contribution >= 0.6 is 0 Å². The monoisotopic (exact) mass is 86.0 g/mol. The normalized spacial score (nSPS) is 5.00. The van der Waals surface area contributed by atoms with E-state index in [-0.39, 0.29) is 0 Å². The molecule has 0 saturated carbocycles. The Morgan fingerprint density at radius 1 is 1.00 bits per heavy atom. The lowest BCUT2D eigenvalue weighted by molar-refractivity contribution is 3.76. The second-order valence-corrected chi connectivity index (χ2v) is 1.41. The Hall–Kier alpha value is 0.174. The van der Waals surface area contributed by atoms with E-state index in [0.717, 1.165) is 0 Å². The molecule has 0 aliphatic rings. The molecule has 0 nitrogen and oxygen atoms in total. The average molecular weight is 86.2 g/mol. The number of hydrogen-bond acceptors (Lipinski definition) is 0. The molecule has 0 saturated heterocycles. The summed E-state index contributed by atoms with van der Waals surface area (Å²) < 4.78 is 0. The topological polar surface area (TPSA) is 0 Å². The zero-order valence-electron chi connectivity index (χ0n) is 2.57. The highest BCUT2D eigenvalue weighted by Crippen LogP contribution is 1.07. The van der Waals surface area contributed by atoms with E-state index in [1.165, 1.54) is 0 Å². The molecule has 0 aliphatic heterocycles. The van der Waals surface area contributed by atoms with Crippen LogP contribution in [-0.2, 0) is 0 Å². The van der Waals surface area contributed by atoms with Gasteiger partial charge >= 0.3 is 0 Å². The first kappa shape index (κ1) is 4.17. The minimum Gasteiger partial charge on any atom is -0.0935 e. The van der Waals surface area contributed by atoms with E-state index in [9.17, 15) is 0 Å². The summed E-state index contributed by atoms with van der Waals surface area (Å²) >= 11 is 0. The van der Waals surface area contributed by atoms with Gasteiger partial charge in [0.2, 0.25) is 0 Å². The lowest BCUT2D eigenvalue weighted by Gasteiger charge is -1.44. The molecule has 0 radical (unpaired) electrons. The van der Waals surface area contributed by atoms with Crippen LogP contribution in [0.15, 0.2) is 0 Å². The van der Waals surface area contributed by atoms with Gasteiger partial charge in [-0.3, -0.25) is 0 Å². The van der Waals surface area contributed by atoms with Crippen molar-refractivity contribution in [3.05, 3.63) is 0 Å². The third kappa shape index (κ3) is 2.17. The molecule has 0 unspecified atom stereocenters. The van der Waals surface area contributed by atoms with Gasteiger partial charge < -0.3 is 0 Å². The van der Waals surface area contributed by atoms with Crippen molar-refractivity contribution in [2.24, 2.45) is 0 Å². The highest BCUT2D eigenvalue weighted by Gasteiger charge is 1.29. The molecule has 0 rings (SSSR count). The molecular formula is C2H6Si2. The SMILES string of the molecule is [SiH2]=CC=[SiH2]. The van der Waals surface area contributed by atoms with Gasteiger partial charge in [0.1, 0.15) is 0 Å². The van der Waals surface area contributed by atoms with Crippen molar-refractivity contribution in [1.29, 1.82) is 0 Å². The zero-order valence-corrected chi connectivity index (χ0v) is 5.40. The lowest BCUT2D eigenvalue weighted by Crippen LogP contribution is -1.67. The molecule has 0 bridgehead atoms. The van der Waals surface area contributed by atoms with Crippen molar-refractivity contribution in [3.8, 4) is 0 Å². The van der Waals surface area contributed by atoms with Crippen LogP contribution in [0.25, 0.3) is 0 Å². The maximum Gasteiger partial charge on any atom is -0.0241 e. The van der Waals surface area contributed by atoms with Crippen molar-refractivity contribution in [2.45, 2.75) is 0 Å². The molecule has 0 heterocycles. The van der Waals surface area contributed by atoms with Gasteiger partial charge in [0.05, 0.1) is 0 Å². The Labute approximate surface area is 31.9 Å². The highest BCUT2D eigenvalue weighted by molar-refractivity contribution is 6.60. The summed E-state index contributed by atoms with van der Waals surface area (Å²) in [5, 5.41) is 0. The molecule has 0 aromatic heterocycles. The van der Waals surface area contributed by atoms with Gasteiger partial charge in [-0.2, -0.15) is 0 Å². The fourth-order valence-electron chi connectivity index (χ4n) is 0. The van der Waals surface area contributed by atoms with Crippen LogP contribution in [0.5, 0.6) is 0 Å². The second kappa shape index (κ2) is 3.17. The maximum atomic E-state index is 2.04. The minimum absolute atomic E-state index is 1.85. The number of hydrogen-bond donors (Lipinski definition) is 0. The molecular weight excluding hydrogens is 80.2 g/mol. The van der Waals surface area contributed by atoms with Crippen LogP contribution in [0.2, 0.25) is 0 Å². The first-order valence-corrected chi connectivity index (χ1v) is 2.78. The molecule has 22 valence electrons. The third-order valence-corrected chi connectivity index (χ3v) is 1.50. The molecule has 0 spiro atoms. The standard InChI is InChI=1S/C2H6Si2/c3-1-2-4/h1-2H,3-4H2. The fraction of sp³-hybridized carbons (Fsp3) is 0. The Kier molecular flexibility index (Phi) is 3.31. The first-order valence-electron chi connectivity index (χ1n) is 1.15. The summed E-state index contributed by atoms with van der Waals surface area (Å²) in [6.07, 6.45) is 0. The largest absolute Gasteiger partial charge is 0.0935 e. The van der Waals surface area contributed by atoms with Crippen LogP contribution in [0.4, 0.5) is 0 Å². The van der Waals surface area contributed by atoms with E-state index < -0.39 is 0 Å². The summed E-state index contributed by atoms with van der Waals surface area (Å²) in [7, 11) is 3.70. The van der Waals surface area contributed by atoms with Gasteiger partial charge in [-0.25, -0.2) is 0 Å². The predicted octanol–water partition coefficient (Wildman–Crippen LogP) is -2.14. The molecule has 0 aromatic carbocycles. The van der Waals surface area contributed by atoms with Crippen LogP contribution in [0.3, 0.4) is 0 Å². The van der Waals surface area contributed by atoms with Crippen LogP contribution in [-0.4, -0.2) is 31.1 Å². The van der Waals surface area contributed by atoms with Crippen LogP contribution in [0, 0.1) is 0 Å². The van der Waals surface area contributed by atoms with E-state index >= 15 is 0 Å². The zero-order chi connectivity index (χ0) is 3.41. The van der Waals surface area contributed by atoms with Gasteiger partial charge in [0, 0.05) is 0 Å². The molecule has 0 aromatic rings. The minimum atomic E-state index is 1.85. The van der Waals surface area contributed by atoms with E-state index in [0.29, 0.717) is 0 Å². The average Bonchev–Trinajstić information content (AvgIpc) is 1.37. The number of rotatable bonds is 1.